The normalized spacial score (nSPS) is 11.6. The lowest BCUT2D eigenvalue weighted by molar-refractivity contribution is 0.878. The number of rotatable bonds is 2. The summed E-state index contributed by atoms with van der Waals surface area (Å²) in [6.45, 7) is 6.09. The molecule has 0 spiro atoms. The van der Waals surface area contributed by atoms with Crippen molar-refractivity contribution in [3.8, 4) is 10.8 Å². The number of nitrogens with zero attached hydrogens (tertiary/aromatic N) is 2. The van der Waals surface area contributed by atoms with Gasteiger partial charge in [0.1, 0.15) is 4.83 Å². The number of aryl methyl sites for hydroxylation is 1. The minimum absolute atomic E-state index is 0.0715. The molecular formula is C13H13N3OS2. The molecule has 0 aliphatic heterocycles. The quantitative estimate of drug-likeness (QED) is 0.785. The highest BCUT2D eigenvalue weighted by molar-refractivity contribution is 7.17. The zero-order chi connectivity index (χ0) is 13.6. The van der Waals surface area contributed by atoms with Gasteiger partial charge in [-0.05, 0) is 23.8 Å². The summed E-state index contributed by atoms with van der Waals surface area (Å²) in [4.78, 5) is 24.8. The number of thiazole rings is 1. The highest BCUT2D eigenvalue weighted by atomic mass is 32.1. The van der Waals surface area contributed by atoms with Crippen LogP contribution < -0.4 is 5.56 Å². The Labute approximate surface area is 118 Å². The van der Waals surface area contributed by atoms with Crippen LogP contribution in [0.3, 0.4) is 0 Å². The van der Waals surface area contributed by atoms with Crippen LogP contribution in [0.25, 0.3) is 21.0 Å². The van der Waals surface area contributed by atoms with E-state index < -0.39 is 0 Å². The predicted molar refractivity (Wildman–Crippen MR) is 80.2 cm³/mol. The molecule has 0 amide bonds. The second-order valence-corrected chi connectivity index (χ2v) is 6.45. The van der Waals surface area contributed by atoms with Crippen LogP contribution in [0.15, 0.2) is 15.6 Å². The maximum Gasteiger partial charge on any atom is 0.260 e. The topological polar surface area (TPSA) is 58.6 Å². The molecule has 6 heteroatoms. The van der Waals surface area contributed by atoms with Crippen LogP contribution in [0, 0.1) is 6.92 Å². The second kappa shape index (κ2) is 4.54. The van der Waals surface area contributed by atoms with E-state index in [2.05, 4.69) is 28.8 Å². The van der Waals surface area contributed by atoms with Crippen molar-refractivity contribution in [3.05, 3.63) is 32.4 Å². The Kier molecular flexibility index (Phi) is 2.99. The molecule has 0 saturated heterocycles. The molecule has 19 heavy (non-hydrogen) atoms. The van der Waals surface area contributed by atoms with Gasteiger partial charge in [0.25, 0.3) is 5.56 Å². The maximum atomic E-state index is 12.3. The van der Waals surface area contributed by atoms with Crippen LogP contribution in [0.5, 0.6) is 0 Å². The molecule has 4 nitrogen and oxygen atoms in total. The first-order chi connectivity index (χ1) is 9.06. The van der Waals surface area contributed by atoms with Crippen LogP contribution in [-0.4, -0.2) is 15.0 Å². The maximum absolute atomic E-state index is 12.3. The fraction of sp³-hybridized carbons (Fsp3) is 0.308. The summed E-state index contributed by atoms with van der Waals surface area (Å²) in [5, 5.41) is 5.45. The number of fused-ring (bicyclic) bond motifs is 1. The Morgan fingerprint density at radius 1 is 1.21 bits per heavy atom. The van der Waals surface area contributed by atoms with E-state index in [1.54, 1.807) is 0 Å². The van der Waals surface area contributed by atoms with Crippen molar-refractivity contribution < 1.29 is 0 Å². The molecule has 3 aromatic rings. The largest absolute Gasteiger partial charge is 0.304 e. The molecule has 0 saturated carbocycles. The van der Waals surface area contributed by atoms with Gasteiger partial charge in [-0.1, -0.05) is 13.8 Å². The summed E-state index contributed by atoms with van der Waals surface area (Å²) < 4.78 is 0. The molecule has 0 bridgehead atoms. The first-order valence-corrected chi connectivity index (χ1v) is 7.76. The van der Waals surface area contributed by atoms with E-state index in [0.717, 1.165) is 26.5 Å². The Morgan fingerprint density at radius 2 is 2.00 bits per heavy atom. The molecule has 0 fully saturated rings. The molecule has 0 aliphatic carbocycles. The van der Waals surface area contributed by atoms with E-state index in [0.29, 0.717) is 11.7 Å². The summed E-state index contributed by atoms with van der Waals surface area (Å²) in [7, 11) is 0. The summed E-state index contributed by atoms with van der Waals surface area (Å²) in [5.41, 5.74) is 1.94. The zero-order valence-electron chi connectivity index (χ0n) is 10.9. The predicted octanol–water partition coefficient (Wildman–Crippen LogP) is 3.54. The lowest BCUT2D eigenvalue weighted by atomic mass is 10.0. The van der Waals surface area contributed by atoms with E-state index in [9.17, 15) is 4.79 Å². The van der Waals surface area contributed by atoms with Crippen molar-refractivity contribution in [2.45, 2.75) is 26.7 Å². The van der Waals surface area contributed by atoms with Crippen LogP contribution >= 0.6 is 22.7 Å². The highest BCUT2D eigenvalue weighted by Gasteiger charge is 2.15. The smallest absolute Gasteiger partial charge is 0.260 e. The molecular weight excluding hydrogens is 278 g/mol. The molecule has 3 heterocycles. The Balaban J connectivity index is 2.24. The molecule has 0 unspecified atom stereocenters. The lowest BCUT2D eigenvalue weighted by Gasteiger charge is -2.02. The minimum Gasteiger partial charge on any atom is -0.304 e. The molecule has 0 aromatic carbocycles. The number of thiophene rings is 1. The van der Waals surface area contributed by atoms with E-state index in [1.807, 2.05) is 17.7 Å². The first-order valence-electron chi connectivity index (χ1n) is 6.00. The van der Waals surface area contributed by atoms with Gasteiger partial charge in [0, 0.05) is 11.1 Å². The number of H-pyrrole nitrogens is 1. The van der Waals surface area contributed by atoms with Crippen molar-refractivity contribution >= 4 is 32.9 Å². The fourth-order valence-electron chi connectivity index (χ4n) is 1.96. The van der Waals surface area contributed by atoms with Gasteiger partial charge < -0.3 is 4.98 Å². The third-order valence-electron chi connectivity index (χ3n) is 2.92. The Morgan fingerprint density at radius 3 is 2.63 bits per heavy atom. The summed E-state index contributed by atoms with van der Waals surface area (Å²) in [5.74, 6) is 0.886. The molecule has 0 radical (unpaired) electrons. The standard InChI is InChI=1S/C13H13N3OS2/c1-6(2)8-5-19-12-9(8)11(17)15-10(16-12)13-14-7(3)4-18-13/h4-6H,1-3H3,(H,15,16,17). The van der Waals surface area contributed by atoms with Gasteiger partial charge in [-0.3, -0.25) is 4.79 Å². The van der Waals surface area contributed by atoms with Crippen molar-refractivity contribution in [1.82, 2.24) is 15.0 Å². The number of nitrogens with one attached hydrogen (secondary N) is 1. The van der Waals surface area contributed by atoms with Crippen LogP contribution in [-0.2, 0) is 0 Å². The third kappa shape index (κ3) is 2.11. The van der Waals surface area contributed by atoms with E-state index >= 15 is 0 Å². The van der Waals surface area contributed by atoms with Gasteiger partial charge in [0.15, 0.2) is 10.8 Å². The average molecular weight is 291 g/mol. The number of aromatic nitrogens is 3. The monoisotopic (exact) mass is 291 g/mol. The number of hydrogen-bond acceptors (Lipinski definition) is 5. The lowest BCUT2D eigenvalue weighted by Crippen LogP contribution is -2.10. The first kappa shape index (κ1) is 12.5. The summed E-state index contributed by atoms with van der Waals surface area (Å²) in [6, 6.07) is 0. The third-order valence-corrected chi connectivity index (χ3v) is 4.77. The van der Waals surface area contributed by atoms with E-state index in [4.69, 9.17) is 0 Å². The molecule has 0 aliphatic rings. The van der Waals surface area contributed by atoms with Crippen molar-refractivity contribution in [1.29, 1.82) is 0 Å². The van der Waals surface area contributed by atoms with Crippen LogP contribution in [0.4, 0.5) is 0 Å². The number of hydrogen-bond donors (Lipinski definition) is 1. The van der Waals surface area contributed by atoms with Gasteiger partial charge in [-0.2, -0.15) is 0 Å². The zero-order valence-corrected chi connectivity index (χ0v) is 12.5. The van der Waals surface area contributed by atoms with Crippen molar-refractivity contribution in [3.63, 3.8) is 0 Å². The highest BCUT2D eigenvalue weighted by Crippen LogP contribution is 2.29. The fourth-order valence-corrected chi connectivity index (χ4v) is 3.80. The average Bonchev–Trinajstić information content (AvgIpc) is 2.94. The summed E-state index contributed by atoms with van der Waals surface area (Å²) in [6.07, 6.45) is 0. The summed E-state index contributed by atoms with van der Waals surface area (Å²) >= 11 is 3.01. The Hall–Kier alpha value is -1.53. The van der Waals surface area contributed by atoms with Gasteiger partial charge in [0.05, 0.1) is 5.39 Å². The van der Waals surface area contributed by atoms with Crippen molar-refractivity contribution in [2.24, 2.45) is 0 Å². The molecule has 3 aromatic heterocycles. The van der Waals surface area contributed by atoms with Gasteiger partial charge >= 0.3 is 0 Å². The van der Waals surface area contributed by atoms with Crippen molar-refractivity contribution in [2.75, 3.05) is 0 Å². The minimum atomic E-state index is -0.0715. The molecule has 3 rings (SSSR count). The number of aromatic amines is 1. The van der Waals surface area contributed by atoms with E-state index in [-0.39, 0.29) is 5.56 Å². The van der Waals surface area contributed by atoms with Crippen LogP contribution in [0.2, 0.25) is 0 Å². The van der Waals surface area contributed by atoms with E-state index in [1.165, 1.54) is 22.7 Å². The molecule has 1 N–H and O–H groups in total. The van der Waals surface area contributed by atoms with Gasteiger partial charge in [-0.15, -0.1) is 22.7 Å². The molecule has 0 atom stereocenters. The van der Waals surface area contributed by atoms with Crippen LogP contribution in [0.1, 0.15) is 31.0 Å². The Bertz CT molecular complexity index is 798. The second-order valence-electron chi connectivity index (χ2n) is 4.73. The SMILES string of the molecule is Cc1csc(-c2nc3scc(C(C)C)c3c(=O)[nH]2)n1. The molecule has 98 valence electrons. The van der Waals surface area contributed by atoms with Gasteiger partial charge in [-0.25, -0.2) is 9.97 Å². The van der Waals surface area contributed by atoms with Gasteiger partial charge in [0.2, 0.25) is 0 Å².